The number of hydrogen-bond acceptors (Lipinski definition) is 5. The van der Waals surface area contributed by atoms with E-state index in [4.69, 9.17) is 9.15 Å². The summed E-state index contributed by atoms with van der Waals surface area (Å²) in [7, 11) is 0. The first kappa shape index (κ1) is 42.7. The van der Waals surface area contributed by atoms with Crippen molar-refractivity contribution in [2.75, 3.05) is 9.71 Å². The lowest BCUT2D eigenvalue weighted by Crippen LogP contribution is -2.61. The molecule has 1 aliphatic carbocycles. The maximum Gasteiger partial charge on any atom is 0.333 e. The third-order valence-electron chi connectivity index (χ3n) is 16.4. The lowest BCUT2D eigenvalue weighted by Gasteiger charge is -2.48. The molecule has 0 radical (unpaired) electrons. The van der Waals surface area contributed by atoms with Gasteiger partial charge >= 0.3 is 6.85 Å². The number of fused-ring (bicyclic) bond motifs is 13. The van der Waals surface area contributed by atoms with E-state index in [1.54, 1.807) is 11.8 Å². The molecule has 0 saturated heterocycles. The molecule has 4 heterocycles. The third-order valence-corrected chi connectivity index (χ3v) is 17.5. The molecule has 0 amide bonds. The van der Waals surface area contributed by atoms with Crippen LogP contribution in [0.2, 0.25) is 0 Å². The van der Waals surface area contributed by atoms with Gasteiger partial charge in [-0.15, -0.1) is 0 Å². The highest BCUT2D eigenvalue weighted by Crippen LogP contribution is 2.57. The molecule has 4 nitrogen and oxygen atoms in total. The van der Waals surface area contributed by atoms with Crippen molar-refractivity contribution in [3.8, 4) is 33.8 Å². The standard InChI is InChI=1S/C65H55BN2O2S/c1-38-32-46-47(65(7,8)31-30-64(46,5)6)35-51(38)67-52-37-56-58(71-57-25-17-16-24-55(57)69-56)36-48(52)66-61-53(67)33-40-20-12-13-21-42(40)59(61)60-50(29-27-44-43-22-14-15-23-54(43)70-62(44)60)68(66)49-28-26-41(63(2,3)4)34-45(49)39-18-10-9-11-19-39/h9-29,32-37H,30-31H2,1-8H3. The highest BCUT2D eigenvalue weighted by molar-refractivity contribution is 7.99. The second-order valence-corrected chi connectivity index (χ2v) is 23.8. The molecule has 0 spiro atoms. The minimum absolute atomic E-state index is 0.00623. The van der Waals surface area contributed by atoms with Crippen LogP contribution in [0.25, 0.3) is 55.0 Å². The smallest absolute Gasteiger partial charge is 0.333 e. The van der Waals surface area contributed by atoms with Gasteiger partial charge in [-0.1, -0.05) is 157 Å². The minimum atomic E-state index is -0.246. The number of para-hydroxylation sites is 2. The molecule has 0 fully saturated rings. The number of aryl methyl sites for hydroxylation is 1. The maximum absolute atomic E-state index is 7.20. The van der Waals surface area contributed by atoms with Crippen LogP contribution in [0.5, 0.6) is 11.5 Å². The van der Waals surface area contributed by atoms with Crippen LogP contribution in [0.3, 0.4) is 0 Å². The molecule has 346 valence electrons. The molecule has 0 atom stereocenters. The Morgan fingerprint density at radius 2 is 1.27 bits per heavy atom. The zero-order chi connectivity index (χ0) is 48.3. The Labute approximate surface area is 421 Å². The molecule has 0 bridgehead atoms. The Hall–Kier alpha value is -7.15. The fourth-order valence-electron chi connectivity index (χ4n) is 12.5. The van der Waals surface area contributed by atoms with Gasteiger partial charge in [-0.3, -0.25) is 0 Å². The fraction of sp³-hybridized carbons (Fsp3) is 0.200. The number of furan rings is 1. The van der Waals surface area contributed by atoms with Gasteiger partial charge in [0.15, 0.2) is 0 Å². The molecule has 1 aromatic heterocycles. The van der Waals surface area contributed by atoms with Gasteiger partial charge in [0, 0.05) is 56.4 Å². The van der Waals surface area contributed by atoms with E-state index in [9.17, 15) is 0 Å². The summed E-state index contributed by atoms with van der Waals surface area (Å²) in [5.41, 5.74) is 20.3. The molecule has 10 aromatic rings. The zero-order valence-corrected chi connectivity index (χ0v) is 42.5. The van der Waals surface area contributed by atoms with Gasteiger partial charge in [0.05, 0.1) is 9.79 Å². The Morgan fingerprint density at radius 1 is 0.563 bits per heavy atom. The summed E-state index contributed by atoms with van der Waals surface area (Å²) >= 11 is 1.81. The highest BCUT2D eigenvalue weighted by Gasteiger charge is 2.49. The van der Waals surface area contributed by atoms with Gasteiger partial charge in [0.1, 0.15) is 22.7 Å². The van der Waals surface area contributed by atoms with Crippen LogP contribution in [0.15, 0.2) is 178 Å². The Balaban J connectivity index is 1.16. The molecule has 9 aromatic carbocycles. The normalized spacial score (nSPS) is 16.0. The first-order valence-corrected chi connectivity index (χ1v) is 26.1. The monoisotopic (exact) mass is 938 g/mol. The summed E-state index contributed by atoms with van der Waals surface area (Å²) in [5.74, 6) is 1.77. The molecule has 6 heteroatoms. The van der Waals surface area contributed by atoms with Crippen molar-refractivity contribution in [3.05, 3.63) is 186 Å². The van der Waals surface area contributed by atoms with E-state index in [0.29, 0.717) is 0 Å². The number of benzene rings is 9. The van der Waals surface area contributed by atoms with Gasteiger partial charge in [0.25, 0.3) is 0 Å². The third kappa shape index (κ3) is 6.26. The van der Waals surface area contributed by atoms with Crippen LogP contribution >= 0.6 is 11.8 Å². The summed E-state index contributed by atoms with van der Waals surface area (Å²) in [5, 5.41) is 4.65. The number of ether oxygens (including phenoxy) is 1. The van der Waals surface area contributed by atoms with E-state index < -0.39 is 0 Å². The largest absolute Gasteiger partial charge is 0.455 e. The highest BCUT2D eigenvalue weighted by atomic mass is 32.2. The summed E-state index contributed by atoms with van der Waals surface area (Å²) in [6.07, 6.45) is 2.29. The van der Waals surface area contributed by atoms with Gasteiger partial charge < -0.3 is 18.9 Å². The van der Waals surface area contributed by atoms with Crippen molar-refractivity contribution in [3.63, 3.8) is 0 Å². The molecule has 14 rings (SSSR count). The second-order valence-electron chi connectivity index (χ2n) is 22.8. The Bertz CT molecular complexity index is 3920. The summed E-state index contributed by atoms with van der Waals surface area (Å²) < 4.78 is 14.2. The maximum atomic E-state index is 7.20. The van der Waals surface area contributed by atoms with E-state index in [0.717, 1.165) is 78.7 Å². The van der Waals surface area contributed by atoms with Crippen LogP contribution in [-0.4, -0.2) is 6.85 Å². The van der Waals surface area contributed by atoms with E-state index >= 15 is 0 Å². The van der Waals surface area contributed by atoms with E-state index in [1.165, 1.54) is 72.0 Å². The fourth-order valence-corrected chi connectivity index (χ4v) is 13.5. The molecule has 3 aliphatic heterocycles. The average molecular weight is 939 g/mol. The number of rotatable bonds is 3. The summed E-state index contributed by atoms with van der Waals surface area (Å²) in [4.78, 5) is 7.52. The van der Waals surface area contributed by atoms with E-state index in [2.05, 4.69) is 229 Å². The molecule has 4 aliphatic rings. The summed E-state index contributed by atoms with van der Waals surface area (Å²) in [6.45, 7) is 18.8. The average Bonchev–Trinajstić information content (AvgIpc) is 3.76. The predicted molar refractivity (Wildman–Crippen MR) is 300 cm³/mol. The molecular weight excluding hydrogens is 884 g/mol. The van der Waals surface area contributed by atoms with Gasteiger partial charge in [-0.05, 0) is 152 Å². The number of anilines is 5. The van der Waals surface area contributed by atoms with Gasteiger partial charge in [0.2, 0.25) is 0 Å². The molecule has 0 unspecified atom stereocenters. The van der Waals surface area contributed by atoms with Crippen LogP contribution < -0.4 is 25.4 Å². The summed E-state index contributed by atoms with van der Waals surface area (Å²) in [6, 6.07) is 61.3. The second kappa shape index (κ2) is 14.9. The molecule has 71 heavy (non-hydrogen) atoms. The zero-order valence-electron chi connectivity index (χ0n) is 41.7. The van der Waals surface area contributed by atoms with Gasteiger partial charge in [-0.25, -0.2) is 0 Å². The Kier molecular flexibility index (Phi) is 8.99. The van der Waals surface area contributed by atoms with E-state index in [1.807, 2.05) is 0 Å². The number of hydrogen-bond donors (Lipinski definition) is 0. The van der Waals surface area contributed by atoms with Gasteiger partial charge in [-0.2, -0.15) is 0 Å². The van der Waals surface area contributed by atoms with Crippen molar-refractivity contribution >= 4 is 90.7 Å². The van der Waals surface area contributed by atoms with Crippen LogP contribution in [0, 0.1) is 6.92 Å². The topological polar surface area (TPSA) is 28.9 Å². The van der Waals surface area contributed by atoms with Crippen LogP contribution in [0.1, 0.15) is 83.6 Å². The lowest BCUT2D eigenvalue weighted by molar-refractivity contribution is 0.332. The SMILES string of the molecule is Cc1cc2c(cc1N1c3cc4c(cc3B3c5c1cc1ccccc1c5-c1c(ccc5c1oc1ccccc15)N3c1ccc(C(C)(C)C)cc1-c1ccccc1)Sc1ccccc1O4)C(C)(C)CCC2(C)C. The van der Waals surface area contributed by atoms with Crippen LogP contribution in [-0.2, 0) is 16.2 Å². The van der Waals surface area contributed by atoms with Crippen molar-refractivity contribution in [1.82, 2.24) is 0 Å². The minimum Gasteiger partial charge on any atom is -0.455 e. The predicted octanol–water partition coefficient (Wildman–Crippen LogP) is 17.3. The quantitative estimate of drug-likeness (QED) is 0.165. The van der Waals surface area contributed by atoms with Crippen molar-refractivity contribution in [1.29, 1.82) is 0 Å². The van der Waals surface area contributed by atoms with Crippen molar-refractivity contribution < 1.29 is 9.15 Å². The van der Waals surface area contributed by atoms with Crippen molar-refractivity contribution in [2.45, 2.75) is 94.3 Å². The molecular formula is C65H55BN2O2S. The van der Waals surface area contributed by atoms with Crippen molar-refractivity contribution in [2.24, 2.45) is 0 Å². The first-order chi connectivity index (χ1) is 34.2. The first-order valence-electron chi connectivity index (χ1n) is 25.3. The van der Waals surface area contributed by atoms with E-state index in [-0.39, 0.29) is 23.1 Å². The lowest BCUT2D eigenvalue weighted by atomic mass is 9.43. The Morgan fingerprint density at radius 3 is 2.07 bits per heavy atom. The molecule has 0 saturated carbocycles. The molecule has 0 N–H and O–H groups in total. The van der Waals surface area contributed by atoms with Crippen LogP contribution in [0.4, 0.5) is 28.4 Å². The number of nitrogens with zero attached hydrogens (tertiary/aromatic N) is 2.